The van der Waals surface area contributed by atoms with E-state index in [0.717, 1.165) is 0 Å². The van der Waals surface area contributed by atoms with Crippen LogP contribution >= 0.6 is 0 Å². The number of aryl methyl sites for hydroxylation is 1. The second-order valence-electron chi connectivity index (χ2n) is 4.61. The third-order valence-electron chi connectivity index (χ3n) is 2.54. The minimum Gasteiger partial charge on any atom is -0.418 e. The zero-order valence-corrected chi connectivity index (χ0v) is 12.1. The fourth-order valence-corrected chi connectivity index (χ4v) is 1.62. The first-order valence-corrected chi connectivity index (χ1v) is 6.89. The van der Waals surface area contributed by atoms with Gasteiger partial charge in [-0.05, 0) is 18.9 Å². The zero-order valence-electron chi connectivity index (χ0n) is 12.1. The number of nitrogens with zero attached hydrogens (tertiary/aromatic N) is 2. The number of halogens is 4. The van der Waals surface area contributed by atoms with Crippen LogP contribution in [0.25, 0.3) is 6.20 Å². The van der Waals surface area contributed by atoms with E-state index in [1.807, 2.05) is 17.8 Å². The molecule has 1 rings (SSSR count). The van der Waals surface area contributed by atoms with Gasteiger partial charge in [0.25, 0.3) is 0 Å². The average molecular weight is 294 g/mol. The molecule has 0 aromatic carbocycles. The van der Waals surface area contributed by atoms with E-state index in [-0.39, 0.29) is 0 Å². The van der Waals surface area contributed by atoms with E-state index in [4.69, 9.17) is 0 Å². The topological polar surface area (TPSA) is 8.81 Å². The van der Waals surface area contributed by atoms with Crippen LogP contribution in [0.15, 0.2) is 24.8 Å². The Morgan fingerprint density at radius 3 is 2.20 bits per heavy atom. The number of allylic oxidation sites excluding steroid dienone is 1. The molecule has 0 saturated carbocycles. The largest absolute Gasteiger partial charge is 0.673 e. The smallest absolute Gasteiger partial charge is 0.418 e. The summed E-state index contributed by atoms with van der Waals surface area (Å²) in [6.07, 6.45) is 18.6. The summed E-state index contributed by atoms with van der Waals surface area (Å²) in [7, 11) is -3.96. The van der Waals surface area contributed by atoms with Gasteiger partial charge in [0.15, 0.2) is 0 Å². The highest BCUT2D eigenvalue weighted by molar-refractivity contribution is 6.50. The predicted molar refractivity (Wildman–Crippen MR) is 74.5 cm³/mol. The van der Waals surface area contributed by atoms with Gasteiger partial charge in [0.1, 0.15) is 12.4 Å². The summed E-state index contributed by atoms with van der Waals surface area (Å²) in [4.78, 5) is 0. The van der Waals surface area contributed by atoms with Crippen molar-refractivity contribution in [3.63, 3.8) is 0 Å². The first-order valence-electron chi connectivity index (χ1n) is 6.89. The van der Waals surface area contributed by atoms with Crippen LogP contribution in [0.1, 0.15) is 45.4 Å². The maximum atomic E-state index is 9.75. The molecule has 0 spiro atoms. The lowest BCUT2D eigenvalue weighted by molar-refractivity contribution is -0.670. The Morgan fingerprint density at radius 2 is 1.70 bits per heavy atom. The molecule has 1 aromatic heterocycles. The molecule has 2 nitrogen and oxygen atoms in total. The van der Waals surface area contributed by atoms with Gasteiger partial charge in [-0.25, -0.2) is 9.13 Å². The van der Waals surface area contributed by atoms with Crippen molar-refractivity contribution >= 4 is 13.5 Å². The van der Waals surface area contributed by atoms with Crippen LogP contribution in [0.3, 0.4) is 0 Å². The van der Waals surface area contributed by atoms with Crippen LogP contribution in [0.4, 0.5) is 17.3 Å². The fourth-order valence-electron chi connectivity index (χ4n) is 1.62. The Morgan fingerprint density at radius 1 is 1.10 bits per heavy atom. The number of hydrogen-bond acceptors (Lipinski definition) is 0. The highest BCUT2D eigenvalue weighted by Gasteiger charge is 2.20. The van der Waals surface area contributed by atoms with E-state index in [2.05, 4.69) is 36.3 Å². The molecule has 0 fully saturated rings. The molecule has 0 unspecified atom stereocenters. The molecule has 0 atom stereocenters. The number of unbranched alkanes of at least 4 members (excludes halogenated alkanes) is 5. The van der Waals surface area contributed by atoms with Gasteiger partial charge in [-0.15, -0.1) is 0 Å². The second-order valence-corrected chi connectivity index (χ2v) is 4.61. The van der Waals surface area contributed by atoms with Crippen LogP contribution in [-0.4, -0.2) is 11.8 Å². The molecule has 0 aliphatic heterocycles. The molecular weight excluding hydrogens is 271 g/mol. The summed E-state index contributed by atoms with van der Waals surface area (Å²) in [5, 5.41) is 0. The summed E-state index contributed by atoms with van der Waals surface area (Å²) < 4.78 is 43.1. The summed E-state index contributed by atoms with van der Waals surface area (Å²) in [5.41, 5.74) is 0. The molecule has 1 aromatic rings. The molecule has 1 heterocycles. The monoisotopic (exact) mass is 294 g/mol. The van der Waals surface area contributed by atoms with Gasteiger partial charge in [0.2, 0.25) is 6.33 Å². The van der Waals surface area contributed by atoms with Crippen molar-refractivity contribution in [3.05, 3.63) is 24.8 Å². The minimum absolute atomic E-state index is 1.20. The van der Waals surface area contributed by atoms with Crippen LogP contribution in [-0.2, 0) is 7.05 Å². The van der Waals surface area contributed by atoms with Crippen LogP contribution in [0, 0.1) is 0 Å². The van der Waals surface area contributed by atoms with Crippen molar-refractivity contribution in [2.24, 2.45) is 7.05 Å². The highest BCUT2D eigenvalue weighted by Crippen LogP contribution is 2.06. The molecule has 0 radical (unpaired) electrons. The Bertz CT molecular complexity index is 369. The van der Waals surface area contributed by atoms with Crippen molar-refractivity contribution in [1.29, 1.82) is 0 Å². The Kier molecular flexibility index (Phi) is 9.85. The van der Waals surface area contributed by atoms with Crippen molar-refractivity contribution in [2.45, 2.75) is 45.4 Å². The van der Waals surface area contributed by atoms with Gasteiger partial charge < -0.3 is 17.3 Å². The molecule has 7 heteroatoms. The Labute approximate surface area is 118 Å². The van der Waals surface area contributed by atoms with E-state index in [0.29, 0.717) is 0 Å². The van der Waals surface area contributed by atoms with E-state index >= 15 is 0 Å². The summed E-state index contributed by atoms with van der Waals surface area (Å²) in [5.74, 6) is 0. The lowest BCUT2D eigenvalue weighted by Crippen LogP contribution is -2.23. The van der Waals surface area contributed by atoms with Crippen LogP contribution in [0.5, 0.6) is 0 Å². The van der Waals surface area contributed by atoms with Crippen LogP contribution < -0.4 is 4.57 Å². The van der Waals surface area contributed by atoms with Crippen molar-refractivity contribution < 1.29 is 21.8 Å². The molecule has 20 heavy (non-hydrogen) atoms. The first-order chi connectivity index (χ1) is 9.33. The van der Waals surface area contributed by atoms with Gasteiger partial charge >= 0.3 is 7.25 Å². The van der Waals surface area contributed by atoms with Crippen molar-refractivity contribution in [2.75, 3.05) is 0 Å². The average Bonchev–Trinajstić information content (AvgIpc) is 2.72. The number of imidazole rings is 1. The zero-order chi connectivity index (χ0) is 15.4. The van der Waals surface area contributed by atoms with E-state index < -0.39 is 7.25 Å². The normalized spacial score (nSPS) is 11.5. The SMILES string of the molecule is CCCCCCCC=Cn1cc[n+](C)c1.F[B-](F)(F)F. The molecule has 0 aliphatic rings. The third-order valence-corrected chi connectivity index (χ3v) is 2.54. The number of hydrogen-bond donors (Lipinski definition) is 0. The fraction of sp³-hybridized carbons (Fsp3) is 0.615. The molecular formula is C13H23BF4N2. The van der Waals surface area contributed by atoms with Gasteiger partial charge in [-0.3, -0.25) is 0 Å². The van der Waals surface area contributed by atoms with E-state index in [1.165, 1.54) is 38.5 Å². The quantitative estimate of drug-likeness (QED) is 0.304. The molecule has 0 amide bonds. The first kappa shape index (κ1) is 18.7. The highest BCUT2D eigenvalue weighted by atomic mass is 19.5. The van der Waals surface area contributed by atoms with Gasteiger partial charge in [-0.2, -0.15) is 0 Å². The molecule has 0 N–H and O–H groups in total. The lowest BCUT2D eigenvalue weighted by atomic mass is 10.1. The standard InChI is InChI=1S/C13H23N2.BF4/c1-3-4-5-6-7-8-9-10-15-12-11-14(2)13-15;2-1(3,4)5/h9-13H,3-8H2,1-2H3;/q+1;-1. The maximum absolute atomic E-state index is 9.75. The molecule has 0 bridgehead atoms. The second kappa shape index (κ2) is 10.5. The van der Waals surface area contributed by atoms with Gasteiger partial charge in [0.05, 0.1) is 13.2 Å². The summed E-state index contributed by atoms with van der Waals surface area (Å²) in [6.45, 7) is 2.26. The molecule has 0 aliphatic carbocycles. The van der Waals surface area contributed by atoms with Gasteiger partial charge in [0, 0.05) is 0 Å². The Hall–Kier alpha value is -1.27. The lowest BCUT2D eigenvalue weighted by Gasteiger charge is -1.95. The number of rotatable bonds is 7. The van der Waals surface area contributed by atoms with Crippen molar-refractivity contribution in [3.8, 4) is 0 Å². The molecule has 0 saturated heterocycles. The van der Waals surface area contributed by atoms with Gasteiger partial charge in [-0.1, -0.05) is 32.6 Å². The predicted octanol–water partition coefficient (Wildman–Crippen LogP) is 4.44. The minimum atomic E-state index is -6.00. The summed E-state index contributed by atoms with van der Waals surface area (Å²) in [6, 6.07) is 0. The molecule has 116 valence electrons. The van der Waals surface area contributed by atoms with Crippen LogP contribution in [0.2, 0.25) is 0 Å². The van der Waals surface area contributed by atoms with E-state index in [1.54, 1.807) is 0 Å². The number of aromatic nitrogens is 2. The Balaban J connectivity index is 0.000000621. The van der Waals surface area contributed by atoms with E-state index in [9.17, 15) is 17.3 Å². The maximum Gasteiger partial charge on any atom is 0.673 e. The third kappa shape index (κ3) is 14.8. The van der Waals surface area contributed by atoms with Crippen molar-refractivity contribution in [1.82, 2.24) is 4.57 Å². The summed E-state index contributed by atoms with van der Waals surface area (Å²) >= 11 is 0.